The van der Waals surface area contributed by atoms with Crippen LogP contribution in [0.15, 0.2) is 36.4 Å². The molecule has 1 amide bonds. The summed E-state index contributed by atoms with van der Waals surface area (Å²) < 4.78 is 10.3. The number of ether oxygens (including phenoxy) is 2. The number of esters is 1. The molecule has 2 aromatic rings. The maximum absolute atomic E-state index is 11.9. The zero-order valence-corrected chi connectivity index (χ0v) is 16.9. The molecule has 0 unspecified atom stereocenters. The maximum Gasteiger partial charge on any atom is 0.344 e. The maximum atomic E-state index is 11.9. The Morgan fingerprint density at radius 3 is 2.33 bits per heavy atom. The topological polar surface area (TPSA) is 64.6 Å². The van der Waals surface area contributed by atoms with E-state index >= 15 is 0 Å². The largest absolute Gasteiger partial charge is 0.482 e. The minimum absolute atomic E-state index is 0.277. The third-order valence-corrected chi connectivity index (χ3v) is 4.44. The van der Waals surface area contributed by atoms with E-state index in [9.17, 15) is 9.59 Å². The van der Waals surface area contributed by atoms with E-state index in [1.807, 2.05) is 25.1 Å². The minimum atomic E-state index is -0.652. The molecule has 2 aromatic carbocycles. The van der Waals surface area contributed by atoms with Gasteiger partial charge in [-0.3, -0.25) is 4.79 Å². The van der Waals surface area contributed by atoms with E-state index < -0.39 is 18.5 Å². The fourth-order valence-corrected chi connectivity index (χ4v) is 3.00. The highest BCUT2D eigenvalue weighted by Gasteiger charge is 2.13. The summed E-state index contributed by atoms with van der Waals surface area (Å²) in [5.74, 6) is -0.216. The molecule has 7 heteroatoms. The summed E-state index contributed by atoms with van der Waals surface area (Å²) in [6.45, 7) is 5.46. The van der Waals surface area contributed by atoms with Crippen LogP contribution < -0.4 is 10.1 Å². The van der Waals surface area contributed by atoms with Gasteiger partial charge < -0.3 is 14.8 Å². The molecule has 0 aliphatic rings. The highest BCUT2D eigenvalue weighted by atomic mass is 35.5. The van der Waals surface area contributed by atoms with E-state index in [-0.39, 0.29) is 12.3 Å². The third kappa shape index (κ3) is 6.15. The standard InChI is InChI=1S/C20H21Cl2NO4/c1-12(2)15-8-7-14(9-13(15)3)26-11-19(25)27-10-18(24)23-20-16(21)5-4-6-17(20)22/h4-9,12H,10-11H2,1-3H3,(H,23,24). The quantitative estimate of drug-likeness (QED) is 0.654. The van der Waals surface area contributed by atoms with Crippen LogP contribution in [0.1, 0.15) is 30.9 Å². The van der Waals surface area contributed by atoms with Gasteiger partial charge in [0.1, 0.15) is 5.75 Å². The number of halogens is 2. The number of rotatable bonds is 7. The zero-order chi connectivity index (χ0) is 20.0. The van der Waals surface area contributed by atoms with Gasteiger partial charge in [-0.2, -0.15) is 0 Å². The Bertz CT molecular complexity index is 816. The van der Waals surface area contributed by atoms with E-state index in [1.165, 1.54) is 5.56 Å². The molecule has 0 fully saturated rings. The molecule has 27 heavy (non-hydrogen) atoms. The Kier molecular flexibility index (Phi) is 7.51. The highest BCUT2D eigenvalue weighted by molar-refractivity contribution is 6.39. The first-order valence-corrected chi connectivity index (χ1v) is 9.16. The molecule has 0 aliphatic carbocycles. The smallest absolute Gasteiger partial charge is 0.344 e. The van der Waals surface area contributed by atoms with Crippen LogP contribution in [0.25, 0.3) is 0 Å². The van der Waals surface area contributed by atoms with E-state index in [0.29, 0.717) is 21.7 Å². The van der Waals surface area contributed by atoms with E-state index in [4.69, 9.17) is 32.7 Å². The molecule has 0 aliphatic heterocycles. The molecule has 1 N–H and O–H groups in total. The second-order valence-corrected chi connectivity index (χ2v) is 7.08. The van der Waals surface area contributed by atoms with Crippen molar-refractivity contribution in [2.45, 2.75) is 26.7 Å². The summed E-state index contributed by atoms with van der Waals surface area (Å²) in [4.78, 5) is 23.7. The molecular weight excluding hydrogens is 389 g/mol. The fourth-order valence-electron chi connectivity index (χ4n) is 2.51. The average Bonchev–Trinajstić information content (AvgIpc) is 2.61. The lowest BCUT2D eigenvalue weighted by Crippen LogP contribution is -2.24. The van der Waals surface area contributed by atoms with Gasteiger partial charge in [-0.1, -0.05) is 49.2 Å². The summed E-state index contributed by atoms with van der Waals surface area (Å²) in [7, 11) is 0. The summed E-state index contributed by atoms with van der Waals surface area (Å²) in [5, 5.41) is 3.10. The van der Waals surface area contributed by atoms with E-state index in [2.05, 4.69) is 19.2 Å². The van der Waals surface area contributed by atoms with Gasteiger partial charge in [0.2, 0.25) is 0 Å². The second-order valence-electron chi connectivity index (χ2n) is 6.27. The van der Waals surface area contributed by atoms with Gasteiger partial charge in [0, 0.05) is 0 Å². The first-order valence-electron chi connectivity index (χ1n) is 8.40. The van der Waals surface area contributed by atoms with Crippen LogP contribution >= 0.6 is 23.2 Å². The molecule has 0 bridgehead atoms. The molecular formula is C20H21Cl2NO4. The van der Waals surface area contributed by atoms with Crippen LogP contribution in [0.3, 0.4) is 0 Å². The molecule has 0 spiro atoms. The average molecular weight is 410 g/mol. The molecule has 0 saturated carbocycles. The molecule has 0 atom stereocenters. The molecule has 0 aromatic heterocycles. The zero-order valence-electron chi connectivity index (χ0n) is 15.3. The van der Waals surface area contributed by atoms with Crippen molar-refractivity contribution in [3.05, 3.63) is 57.6 Å². The van der Waals surface area contributed by atoms with Gasteiger partial charge in [0.25, 0.3) is 5.91 Å². The molecule has 0 saturated heterocycles. The second kappa shape index (κ2) is 9.62. The van der Waals surface area contributed by atoms with Crippen LogP contribution in [0.5, 0.6) is 5.75 Å². The number of aryl methyl sites for hydroxylation is 1. The van der Waals surface area contributed by atoms with Crippen molar-refractivity contribution in [2.24, 2.45) is 0 Å². The summed E-state index contributed by atoms with van der Waals surface area (Å²) >= 11 is 11.9. The number of anilines is 1. The van der Waals surface area contributed by atoms with E-state index in [1.54, 1.807) is 18.2 Å². The lowest BCUT2D eigenvalue weighted by atomic mass is 9.98. The molecule has 2 rings (SSSR count). The van der Waals surface area contributed by atoms with Gasteiger partial charge in [0.05, 0.1) is 15.7 Å². The molecule has 0 heterocycles. The normalized spacial score (nSPS) is 10.6. The number of benzene rings is 2. The first-order chi connectivity index (χ1) is 12.8. The minimum Gasteiger partial charge on any atom is -0.482 e. The number of nitrogens with one attached hydrogen (secondary N) is 1. The predicted molar refractivity (Wildman–Crippen MR) is 107 cm³/mol. The summed E-state index contributed by atoms with van der Waals surface area (Å²) in [6.07, 6.45) is 0. The van der Waals surface area contributed by atoms with Gasteiger partial charge in [-0.25, -0.2) is 4.79 Å². The monoisotopic (exact) mass is 409 g/mol. The van der Waals surface area contributed by atoms with Crippen LogP contribution in [-0.2, 0) is 14.3 Å². The van der Waals surface area contributed by atoms with Gasteiger partial charge in [-0.05, 0) is 48.2 Å². The van der Waals surface area contributed by atoms with Crippen LogP contribution in [-0.4, -0.2) is 25.1 Å². The van der Waals surface area contributed by atoms with Gasteiger partial charge in [-0.15, -0.1) is 0 Å². The van der Waals surface area contributed by atoms with Crippen molar-refractivity contribution in [1.82, 2.24) is 0 Å². The Labute approximate surface area is 168 Å². The highest BCUT2D eigenvalue weighted by Crippen LogP contribution is 2.29. The van der Waals surface area contributed by atoms with Crippen LogP contribution in [0, 0.1) is 6.92 Å². The Morgan fingerprint density at radius 1 is 1.07 bits per heavy atom. The Balaban J connectivity index is 1.81. The van der Waals surface area contributed by atoms with E-state index in [0.717, 1.165) is 5.56 Å². The number of carbonyl (C=O) groups is 2. The molecule has 0 radical (unpaired) electrons. The molecule has 5 nitrogen and oxygen atoms in total. The van der Waals surface area contributed by atoms with Crippen LogP contribution in [0.2, 0.25) is 10.0 Å². The van der Waals surface area contributed by atoms with Crippen molar-refractivity contribution < 1.29 is 19.1 Å². The number of carbonyl (C=O) groups excluding carboxylic acids is 2. The van der Waals surface area contributed by atoms with Gasteiger partial charge >= 0.3 is 5.97 Å². The SMILES string of the molecule is Cc1cc(OCC(=O)OCC(=O)Nc2c(Cl)cccc2Cl)ccc1C(C)C. The number of hydrogen-bond donors (Lipinski definition) is 1. The number of amides is 1. The number of para-hydroxylation sites is 1. The number of hydrogen-bond acceptors (Lipinski definition) is 4. The lowest BCUT2D eigenvalue weighted by molar-refractivity contribution is -0.149. The lowest BCUT2D eigenvalue weighted by Gasteiger charge is -2.12. The van der Waals surface area contributed by atoms with Crippen molar-refractivity contribution in [3.63, 3.8) is 0 Å². The van der Waals surface area contributed by atoms with Gasteiger partial charge in [0.15, 0.2) is 13.2 Å². The van der Waals surface area contributed by atoms with Crippen molar-refractivity contribution in [2.75, 3.05) is 18.5 Å². The van der Waals surface area contributed by atoms with Crippen molar-refractivity contribution in [1.29, 1.82) is 0 Å². The Hall–Kier alpha value is -2.24. The van der Waals surface area contributed by atoms with Crippen LogP contribution in [0.4, 0.5) is 5.69 Å². The third-order valence-electron chi connectivity index (χ3n) is 3.81. The fraction of sp³-hybridized carbons (Fsp3) is 0.300. The van der Waals surface area contributed by atoms with Crippen molar-refractivity contribution in [3.8, 4) is 5.75 Å². The molecule has 144 valence electrons. The summed E-state index contributed by atoms with van der Waals surface area (Å²) in [5.41, 5.74) is 2.59. The predicted octanol–water partition coefficient (Wildman–Crippen LogP) is 4.99. The van der Waals surface area contributed by atoms with Crippen molar-refractivity contribution >= 4 is 40.8 Å². The first kappa shape index (κ1) is 21.1. The summed E-state index contributed by atoms with van der Waals surface area (Å²) in [6, 6.07) is 10.5. The Morgan fingerprint density at radius 2 is 1.74 bits per heavy atom.